The average molecular weight is 406 g/mol. The van der Waals surface area contributed by atoms with Crippen molar-refractivity contribution in [2.45, 2.75) is 25.8 Å². The highest BCUT2D eigenvalue weighted by atomic mass is 35.5. The molecule has 2 aromatic heterocycles. The average Bonchev–Trinajstić information content (AvgIpc) is 3.06. The van der Waals surface area contributed by atoms with Crippen LogP contribution in [0.3, 0.4) is 0 Å². The Morgan fingerprint density at radius 3 is 2.62 bits per heavy atom. The molecule has 0 unspecified atom stereocenters. The van der Waals surface area contributed by atoms with Gasteiger partial charge in [0.05, 0.1) is 17.9 Å². The van der Waals surface area contributed by atoms with E-state index in [-0.39, 0.29) is 6.61 Å². The summed E-state index contributed by atoms with van der Waals surface area (Å²) in [6.45, 7) is 0.839. The third kappa shape index (κ3) is 4.29. The minimum atomic E-state index is 0.233. The van der Waals surface area contributed by atoms with Crippen LogP contribution in [0, 0.1) is 0 Å². The van der Waals surface area contributed by atoms with Crippen LogP contribution >= 0.6 is 11.6 Å². The van der Waals surface area contributed by atoms with Gasteiger partial charge in [0, 0.05) is 28.1 Å². The van der Waals surface area contributed by atoms with Gasteiger partial charge in [-0.15, -0.1) is 0 Å². The molecular weight excluding hydrogens is 382 g/mol. The highest BCUT2D eigenvalue weighted by molar-refractivity contribution is 6.33. The Labute approximate surface area is 175 Å². The Hall–Kier alpha value is -2.82. The molecule has 4 nitrogen and oxygen atoms in total. The summed E-state index contributed by atoms with van der Waals surface area (Å²) < 4.78 is 2.26. The van der Waals surface area contributed by atoms with Crippen molar-refractivity contribution in [3.8, 4) is 11.3 Å². The second-order valence-electron chi connectivity index (χ2n) is 7.22. The topological polar surface area (TPSA) is 64.1 Å². The Bertz CT molecular complexity index is 1140. The van der Waals surface area contributed by atoms with E-state index in [0.29, 0.717) is 12.4 Å². The van der Waals surface area contributed by atoms with E-state index in [1.807, 2.05) is 36.4 Å². The predicted octanol–water partition coefficient (Wildman–Crippen LogP) is 5.30. The van der Waals surface area contributed by atoms with Crippen molar-refractivity contribution in [3.05, 3.63) is 83.0 Å². The molecule has 5 heteroatoms. The summed E-state index contributed by atoms with van der Waals surface area (Å²) >= 11 is 6.53. The molecule has 0 aliphatic rings. The van der Waals surface area contributed by atoms with E-state index < -0.39 is 0 Å². The molecule has 0 bridgehead atoms. The maximum absolute atomic E-state index is 9.07. The number of pyridine rings is 1. The smallest absolute Gasteiger partial charge is 0.123 e. The summed E-state index contributed by atoms with van der Waals surface area (Å²) in [6, 6.07) is 22.4. The summed E-state index contributed by atoms with van der Waals surface area (Å²) in [5.41, 5.74) is 11.3. The molecule has 2 aromatic carbocycles. The number of aromatic nitrogens is 2. The number of aliphatic hydroxyl groups is 1. The Kier molecular flexibility index (Phi) is 5.84. The van der Waals surface area contributed by atoms with Crippen molar-refractivity contribution in [1.29, 1.82) is 0 Å². The van der Waals surface area contributed by atoms with Crippen molar-refractivity contribution in [2.24, 2.45) is 0 Å². The number of nitrogen functional groups attached to an aromatic ring is 1. The fourth-order valence-corrected chi connectivity index (χ4v) is 3.94. The first-order chi connectivity index (χ1) is 14.2. The molecule has 3 N–H and O–H groups in total. The number of unbranched alkanes of at least 4 members (excludes halogenated alkanes) is 1. The van der Waals surface area contributed by atoms with Crippen LogP contribution in [-0.2, 0) is 13.0 Å². The lowest BCUT2D eigenvalue weighted by Crippen LogP contribution is -2.05. The molecule has 0 spiro atoms. The van der Waals surface area contributed by atoms with Crippen molar-refractivity contribution in [2.75, 3.05) is 12.3 Å². The summed E-state index contributed by atoms with van der Waals surface area (Å²) in [7, 11) is 0. The molecule has 0 aliphatic carbocycles. The molecule has 148 valence electrons. The number of aliphatic hydroxyl groups excluding tert-OH is 1. The molecule has 4 rings (SSSR count). The fourth-order valence-electron chi connectivity index (χ4n) is 3.71. The SMILES string of the molecule is Nc1cccc(Cn2c(-c3ccccc3Cl)cc3ccc(CCCCO)cc32)n1. The molecule has 0 saturated heterocycles. The molecule has 0 aliphatic heterocycles. The van der Waals surface area contributed by atoms with Crippen molar-refractivity contribution < 1.29 is 5.11 Å². The molecule has 4 aromatic rings. The summed E-state index contributed by atoms with van der Waals surface area (Å²) in [5.74, 6) is 0.517. The highest BCUT2D eigenvalue weighted by Gasteiger charge is 2.14. The van der Waals surface area contributed by atoms with Crippen LogP contribution in [0.15, 0.2) is 66.7 Å². The first kappa shape index (κ1) is 19.5. The largest absolute Gasteiger partial charge is 0.396 e. The normalized spacial score (nSPS) is 11.2. The van der Waals surface area contributed by atoms with Gasteiger partial charge in [0.25, 0.3) is 0 Å². The van der Waals surface area contributed by atoms with Crippen LogP contribution in [0.4, 0.5) is 5.82 Å². The zero-order valence-corrected chi connectivity index (χ0v) is 16.9. The van der Waals surface area contributed by atoms with Gasteiger partial charge in [-0.2, -0.15) is 0 Å². The lowest BCUT2D eigenvalue weighted by atomic mass is 10.1. The number of aryl methyl sites for hydroxylation is 1. The quantitative estimate of drug-likeness (QED) is 0.410. The van der Waals surface area contributed by atoms with Gasteiger partial charge < -0.3 is 15.4 Å². The van der Waals surface area contributed by atoms with Crippen molar-refractivity contribution in [3.63, 3.8) is 0 Å². The summed E-state index contributed by atoms with van der Waals surface area (Å²) in [4.78, 5) is 4.49. The van der Waals surface area contributed by atoms with E-state index in [9.17, 15) is 0 Å². The van der Waals surface area contributed by atoms with Crippen LogP contribution in [0.1, 0.15) is 24.1 Å². The number of benzene rings is 2. The zero-order chi connectivity index (χ0) is 20.2. The third-order valence-electron chi connectivity index (χ3n) is 5.14. The van der Waals surface area contributed by atoms with Gasteiger partial charge in [0.2, 0.25) is 0 Å². The Morgan fingerprint density at radius 1 is 0.966 bits per heavy atom. The van der Waals surface area contributed by atoms with Gasteiger partial charge in [-0.3, -0.25) is 0 Å². The van der Waals surface area contributed by atoms with E-state index in [0.717, 1.165) is 52.1 Å². The summed E-state index contributed by atoms with van der Waals surface area (Å²) in [6.07, 6.45) is 2.73. The van der Waals surface area contributed by atoms with Gasteiger partial charge in [0.1, 0.15) is 5.82 Å². The number of halogens is 1. The lowest BCUT2D eigenvalue weighted by molar-refractivity contribution is 0.284. The monoisotopic (exact) mass is 405 g/mol. The minimum Gasteiger partial charge on any atom is -0.396 e. The molecular formula is C24H24ClN3O. The van der Waals surface area contributed by atoms with Gasteiger partial charge in [-0.25, -0.2) is 4.98 Å². The molecule has 0 radical (unpaired) electrons. The van der Waals surface area contributed by atoms with E-state index >= 15 is 0 Å². The van der Waals surface area contributed by atoms with Crippen LogP contribution in [0.5, 0.6) is 0 Å². The van der Waals surface area contributed by atoms with Gasteiger partial charge in [-0.1, -0.05) is 48.0 Å². The maximum atomic E-state index is 9.07. The third-order valence-corrected chi connectivity index (χ3v) is 5.47. The van der Waals surface area contributed by atoms with E-state index in [4.69, 9.17) is 22.4 Å². The number of nitrogens with two attached hydrogens (primary N) is 1. The Balaban J connectivity index is 1.83. The second kappa shape index (κ2) is 8.68. The first-order valence-electron chi connectivity index (χ1n) is 9.85. The predicted molar refractivity (Wildman–Crippen MR) is 120 cm³/mol. The van der Waals surface area contributed by atoms with E-state index in [1.54, 1.807) is 6.07 Å². The van der Waals surface area contributed by atoms with Gasteiger partial charge in [0.15, 0.2) is 0 Å². The standard InChI is InChI=1S/C24H24ClN3O/c25-21-9-2-1-8-20(21)23-15-18-12-11-17(6-3-4-13-29)14-22(18)28(23)16-19-7-5-10-24(26)27-19/h1-2,5,7-12,14-15,29H,3-4,6,13,16H2,(H2,26,27). The summed E-state index contributed by atoms with van der Waals surface area (Å²) in [5, 5.41) is 11.0. The van der Waals surface area contributed by atoms with Crippen molar-refractivity contribution >= 4 is 28.3 Å². The number of hydrogen-bond acceptors (Lipinski definition) is 3. The number of anilines is 1. The van der Waals surface area contributed by atoms with Gasteiger partial charge in [-0.05, 0) is 55.2 Å². The molecule has 2 heterocycles. The second-order valence-corrected chi connectivity index (χ2v) is 7.63. The van der Waals surface area contributed by atoms with Crippen LogP contribution < -0.4 is 5.73 Å². The zero-order valence-electron chi connectivity index (χ0n) is 16.2. The lowest BCUT2D eigenvalue weighted by Gasteiger charge is -2.13. The van der Waals surface area contributed by atoms with E-state index in [1.165, 1.54) is 5.56 Å². The van der Waals surface area contributed by atoms with Crippen molar-refractivity contribution in [1.82, 2.24) is 9.55 Å². The van der Waals surface area contributed by atoms with Crippen LogP contribution in [-0.4, -0.2) is 21.3 Å². The number of hydrogen-bond donors (Lipinski definition) is 2. The van der Waals surface area contributed by atoms with Crippen LogP contribution in [0.2, 0.25) is 5.02 Å². The first-order valence-corrected chi connectivity index (χ1v) is 10.2. The molecule has 29 heavy (non-hydrogen) atoms. The fraction of sp³-hybridized carbons (Fsp3) is 0.208. The minimum absolute atomic E-state index is 0.233. The van der Waals surface area contributed by atoms with E-state index in [2.05, 4.69) is 33.8 Å². The van der Waals surface area contributed by atoms with Crippen LogP contribution in [0.25, 0.3) is 22.2 Å². The molecule has 0 fully saturated rings. The molecule has 0 amide bonds. The highest BCUT2D eigenvalue weighted by Crippen LogP contribution is 2.34. The number of fused-ring (bicyclic) bond motifs is 1. The number of rotatable bonds is 7. The molecule has 0 atom stereocenters. The molecule has 0 saturated carbocycles. The maximum Gasteiger partial charge on any atom is 0.123 e. The Morgan fingerprint density at radius 2 is 1.83 bits per heavy atom. The van der Waals surface area contributed by atoms with Gasteiger partial charge >= 0.3 is 0 Å². The number of nitrogens with zero attached hydrogens (tertiary/aromatic N) is 2.